The summed E-state index contributed by atoms with van der Waals surface area (Å²) < 4.78 is 11.2. The van der Waals surface area contributed by atoms with E-state index in [-0.39, 0.29) is 0 Å². The minimum absolute atomic E-state index is 0.677. The second kappa shape index (κ2) is 11.0. The zero-order valence-corrected chi connectivity index (χ0v) is 15.0. The van der Waals surface area contributed by atoms with Crippen molar-refractivity contribution in [3.63, 3.8) is 0 Å². The Hall–Kier alpha value is -1.59. The number of nitrogens with one attached hydrogen (secondary N) is 1. The number of nitrogens with zero attached hydrogens (tertiary/aromatic N) is 2. The molecule has 1 N–H and O–H groups in total. The van der Waals surface area contributed by atoms with E-state index in [9.17, 15) is 0 Å². The first kappa shape index (κ1) is 18.7. The fourth-order valence-corrected chi connectivity index (χ4v) is 2.64. The number of aliphatic imine (C=N–C) groups is 1. The maximum absolute atomic E-state index is 5.80. The number of rotatable bonds is 8. The van der Waals surface area contributed by atoms with Gasteiger partial charge in [-0.15, -0.1) is 0 Å². The van der Waals surface area contributed by atoms with Crippen LogP contribution in [0.2, 0.25) is 0 Å². The van der Waals surface area contributed by atoms with Crippen molar-refractivity contribution in [1.82, 2.24) is 10.2 Å². The van der Waals surface area contributed by atoms with Gasteiger partial charge in [0.25, 0.3) is 0 Å². The molecule has 24 heavy (non-hydrogen) atoms. The highest BCUT2D eigenvalue weighted by Crippen LogP contribution is 2.14. The van der Waals surface area contributed by atoms with E-state index in [0.717, 1.165) is 58.2 Å². The number of ether oxygens (including phenoxy) is 2. The topological polar surface area (TPSA) is 46.1 Å². The lowest BCUT2D eigenvalue weighted by molar-refractivity contribution is 0.0203. The fourth-order valence-electron chi connectivity index (χ4n) is 2.64. The predicted molar refractivity (Wildman–Crippen MR) is 98.2 cm³/mol. The van der Waals surface area contributed by atoms with Crippen molar-refractivity contribution in [3.05, 3.63) is 35.9 Å². The monoisotopic (exact) mass is 333 g/mol. The molecule has 1 saturated heterocycles. The first-order chi connectivity index (χ1) is 11.8. The van der Waals surface area contributed by atoms with Crippen LogP contribution in [0.25, 0.3) is 0 Å². The SMILES string of the molecule is CN(C)C(=NCc1ccccc1)NCCCOCC1CCOCC1. The Morgan fingerprint density at radius 3 is 2.71 bits per heavy atom. The van der Waals surface area contributed by atoms with Crippen LogP contribution in [0, 0.1) is 5.92 Å². The molecule has 1 aromatic carbocycles. The lowest BCUT2D eigenvalue weighted by Crippen LogP contribution is -2.37. The average Bonchev–Trinajstić information content (AvgIpc) is 2.62. The summed E-state index contributed by atoms with van der Waals surface area (Å²) in [5.41, 5.74) is 1.22. The summed E-state index contributed by atoms with van der Waals surface area (Å²) in [6.45, 7) is 5.01. The molecule has 0 spiro atoms. The lowest BCUT2D eigenvalue weighted by Gasteiger charge is -2.22. The summed E-state index contributed by atoms with van der Waals surface area (Å²) in [6.07, 6.45) is 3.26. The van der Waals surface area contributed by atoms with Crippen LogP contribution >= 0.6 is 0 Å². The molecule has 5 heteroatoms. The zero-order valence-electron chi connectivity index (χ0n) is 15.0. The third-order valence-electron chi connectivity index (χ3n) is 4.12. The molecule has 0 aromatic heterocycles. The molecular weight excluding hydrogens is 302 g/mol. The molecule has 0 bridgehead atoms. The first-order valence-corrected chi connectivity index (χ1v) is 8.91. The van der Waals surface area contributed by atoms with Gasteiger partial charge in [-0.3, -0.25) is 0 Å². The molecule has 1 aliphatic rings. The van der Waals surface area contributed by atoms with E-state index in [1.54, 1.807) is 0 Å². The van der Waals surface area contributed by atoms with Crippen LogP contribution in [-0.4, -0.2) is 57.9 Å². The Kier molecular flexibility index (Phi) is 8.63. The normalized spacial score (nSPS) is 16.2. The quantitative estimate of drug-likeness (QED) is 0.451. The third kappa shape index (κ3) is 7.32. The van der Waals surface area contributed by atoms with Crippen LogP contribution in [0.1, 0.15) is 24.8 Å². The third-order valence-corrected chi connectivity index (χ3v) is 4.12. The predicted octanol–water partition coefficient (Wildman–Crippen LogP) is 2.53. The summed E-state index contributed by atoms with van der Waals surface area (Å²) in [4.78, 5) is 6.68. The highest BCUT2D eigenvalue weighted by Gasteiger charge is 2.13. The lowest BCUT2D eigenvalue weighted by atomic mass is 10.0. The Morgan fingerprint density at radius 1 is 1.25 bits per heavy atom. The van der Waals surface area contributed by atoms with Crippen LogP contribution in [0.3, 0.4) is 0 Å². The van der Waals surface area contributed by atoms with Gasteiger partial charge in [0.15, 0.2) is 5.96 Å². The molecule has 0 amide bonds. The molecular formula is C19H31N3O2. The Labute approximate surface area is 146 Å². The minimum Gasteiger partial charge on any atom is -0.381 e. The summed E-state index contributed by atoms with van der Waals surface area (Å²) in [6, 6.07) is 10.3. The van der Waals surface area contributed by atoms with Gasteiger partial charge in [-0.1, -0.05) is 30.3 Å². The van der Waals surface area contributed by atoms with Gasteiger partial charge in [-0.25, -0.2) is 4.99 Å². The summed E-state index contributed by atoms with van der Waals surface area (Å²) >= 11 is 0. The Balaban J connectivity index is 1.60. The molecule has 5 nitrogen and oxygen atoms in total. The summed E-state index contributed by atoms with van der Waals surface area (Å²) in [5.74, 6) is 1.60. The van der Waals surface area contributed by atoms with Crippen LogP contribution in [-0.2, 0) is 16.0 Å². The van der Waals surface area contributed by atoms with Crippen molar-refractivity contribution in [2.75, 3.05) is 47.1 Å². The highest BCUT2D eigenvalue weighted by atomic mass is 16.5. The number of hydrogen-bond donors (Lipinski definition) is 1. The standard InChI is InChI=1S/C19H31N3O2/c1-22(2)19(21-15-17-7-4-3-5-8-17)20-11-6-12-24-16-18-9-13-23-14-10-18/h3-5,7-8,18H,6,9-16H2,1-2H3,(H,20,21). The Bertz CT molecular complexity index is 471. The number of benzene rings is 1. The van der Waals surface area contributed by atoms with Gasteiger partial charge in [0.05, 0.1) is 6.54 Å². The van der Waals surface area contributed by atoms with Gasteiger partial charge in [-0.05, 0) is 30.7 Å². The van der Waals surface area contributed by atoms with Crippen LogP contribution in [0.15, 0.2) is 35.3 Å². The van der Waals surface area contributed by atoms with E-state index in [2.05, 4.69) is 22.4 Å². The zero-order chi connectivity index (χ0) is 17.0. The number of hydrogen-bond acceptors (Lipinski definition) is 3. The van der Waals surface area contributed by atoms with Crippen molar-refractivity contribution in [2.24, 2.45) is 10.9 Å². The van der Waals surface area contributed by atoms with E-state index in [1.165, 1.54) is 5.56 Å². The molecule has 1 heterocycles. The van der Waals surface area contributed by atoms with Crippen LogP contribution in [0.5, 0.6) is 0 Å². The maximum atomic E-state index is 5.80. The molecule has 1 aromatic rings. The van der Waals surface area contributed by atoms with E-state index < -0.39 is 0 Å². The van der Waals surface area contributed by atoms with Crippen molar-refractivity contribution >= 4 is 5.96 Å². The first-order valence-electron chi connectivity index (χ1n) is 8.91. The van der Waals surface area contributed by atoms with Gasteiger partial charge in [-0.2, -0.15) is 0 Å². The Morgan fingerprint density at radius 2 is 2.00 bits per heavy atom. The molecule has 0 aliphatic carbocycles. The van der Waals surface area contributed by atoms with Crippen LogP contribution < -0.4 is 5.32 Å². The van der Waals surface area contributed by atoms with Crippen molar-refractivity contribution in [2.45, 2.75) is 25.8 Å². The largest absolute Gasteiger partial charge is 0.381 e. The molecule has 0 radical (unpaired) electrons. The van der Waals surface area contributed by atoms with Crippen molar-refractivity contribution in [1.29, 1.82) is 0 Å². The fraction of sp³-hybridized carbons (Fsp3) is 0.632. The van der Waals surface area contributed by atoms with Crippen molar-refractivity contribution < 1.29 is 9.47 Å². The molecule has 134 valence electrons. The van der Waals surface area contributed by atoms with Gasteiger partial charge < -0.3 is 19.7 Å². The van der Waals surface area contributed by atoms with Gasteiger partial charge in [0.1, 0.15) is 0 Å². The average molecular weight is 333 g/mol. The van der Waals surface area contributed by atoms with Crippen LogP contribution in [0.4, 0.5) is 0 Å². The summed E-state index contributed by atoms with van der Waals surface area (Å²) in [5, 5.41) is 3.40. The second-order valence-corrected chi connectivity index (χ2v) is 6.43. The van der Waals surface area contributed by atoms with E-state index in [1.807, 2.05) is 37.2 Å². The second-order valence-electron chi connectivity index (χ2n) is 6.43. The minimum atomic E-state index is 0.677. The number of guanidine groups is 1. The molecule has 0 unspecified atom stereocenters. The molecule has 2 rings (SSSR count). The highest BCUT2D eigenvalue weighted by molar-refractivity contribution is 5.79. The summed E-state index contributed by atoms with van der Waals surface area (Å²) in [7, 11) is 4.02. The molecule has 0 saturated carbocycles. The smallest absolute Gasteiger partial charge is 0.193 e. The molecule has 0 atom stereocenters. The van der Waals surface area contributed by atoms with E-state index in [4.69, 9.17) is 9.47 Å². The van der Waals surface area contributed by atoms with E-state index in [0.29, 0.717) is 12.5 Å². The van der Waals surface area contributed by atoms with Gasteiger partial charge in [0.2, 0.25) is 0 Å². The van der Waals surface area contributed by atoms with Gasteiger partial charge >= 0.3 is 0 Å². The van der Waals surface area contributed by atoms with E-state index >= 15 is 0 Å². The maximum Gasteiger partial charge on any atom is 0.193 e. The molecule has 1 fully saturated rings. The van der Waals surface area contributed by atoms with Gasteiger partial charge in [0, 0.05) is 47.1 Å². The van der Waals surface area contributed by atoms with Crippen molar-refractivity contribution in [3.8, 4) is 0 Å². The molecule has 1 aliphatic heterocycles.